The number of aromatic nitrogens is 1. The minimum atomic E-state index is -0.936. The Morgan fingerprint density at radius 2 is 1.88 bits per heavy atom. The van der Waals surface area contributed by atoms with Crippen LogP contribution in [0.1, 0.15) is 48.5 Å². The molecule has 0 spiro atoms. The largest absolute Gasteiger partial charge is 0.478 e. The fourth-order valence-electron chi connectivity index (χ4n) is 3.51. The van der Waals surface area contributed by atoms with Crippen molar-refractivity contribution >= 4 is 16.9 Å². The van der Waals surface area contributed by atoms with Crippen LogP contribution in [0.5, 0.6) is 0 Å². The lowest BCUT2D eigenvalue weighted by atomic mass is 9.96. The van der Waals surface area contributed by atoms with Crippen molar-refractivity contribution in [3.63, 3.8) is 0 Å². The van der Waals surface area contributed by atoms with Crippen molar-refractivity contribution in [1.29, 1.82) is 0 Å². The highest BCUT2D eigenvalue weighted by atomic mass is 16.4. The summed E-state index contributed by atoms with van der Waals surface area (Å²) in [5.74, 6) is -0.791. The number of benzene rings is 1. The summed E-state index contributed by atoms with van der Waals surface area (Å²) in [4.78, 5) is 26.2. The van der Waals surface area contributed by atoms with Gasteiger partial charge in [-0.3, -0.25) is 4.79 Å². The molecule has 2 aromatic rings. The van der Waals surface area contributed by atoms with Crippen molar-refractivity contribution in [1.82, 2.24) is 9.47 Å². The van der Waals surface area contributed by atoms with Gasteiger partial charge in [-0.15, -0.1) is 0 Å². The fraction of sp³-hybridized carbons (Fsp3) is 0.474. The van der Waals surface area contributed by atoms with E-state index in [1.54, 1.807) is 24.3 Å². The molecule has 1 aliphatic heterocycles. The maximum Gasteiger partial charge on any atom is 0.335 e. The highest BCUT2D eigenvalue weighted by Crippen LogP contribution is 2.26. The topological polar surface area (TPSA) is 62.5 Å². The van der Waals surface area contributed by atoms with Gasteiger partial charge in [-0.05, 0) is 61.0 Å². The van der Waals surface area contributed by atoms with Crippen LogP contribution in [0.2, 0.25) is 0 Å². The Labute approximate surface area is 141 Å². The molecule has 0 saturated carbocycles. The van der Waals surface area contributed by atoms with Gasteiger partial charge in [0.25, 0.3) is 5.56 Å². The molecule has 0 atom stereocenters. The maximum absolute atomic E-state index is 12.5. The van der Waals surface area contributed by atoms with E-state index < -0.39 is 5.97 Å². The third-order valence-corrected chi connectivity index (χ3v) is 4.82. The quantitative estimate of drug-likeness (QED) is 0.917. The standard InChI is InChI=1S/C19H24N2O3/c1-13(2)16-12-15(19(23)24)11-14-5-6-17(22)21(18(14)16)10-9-20-7-3-4-8-20/h5-6,11-13H,3-4,7-10H2,1-2H3,(H,23,24). The molecule has 1 fully saturated rings. The highest BCUT2D eigenvalue weighted by molar-refractivity contribution is 5.95. The summed E-state index contributed by atoms with van der Waals surface area (Å²) in [6.45, 7) is 7.75. The Bertz CT molecular complexity index is 817. The molecule has 128 valence electrons. The van der Waals surface area contributed by atoms with Crippen LogP contribution in [0.4, 0.5) is 0 Å². The van der Waals surface area contributed by atoms with Gasteiger partial charge in [0.1, 0.15) is 0 Å². The van der Waals surface area contributed by atoms with Crippen molar-refractivity contribution in [3.8, 4) is 0 Å². The van der Waals surface area contributed by atoms with E-state index in [9.17, 15) is 14.7 Å². The minimum Gasteiger partial charge on any atom is -0.478 e. The van der Waals surface area contributed by atoms with Crippen LogP contribution in [-0.4, -0.2) is 40.2 Å². The zero-order valence-electron chi connectivity index (χ0n) is 14.3. The SMILES string of the molecule is CC(C)c1cc(C(=O)O)cc2ccc(=O)n(CCN3CCCC3)c12. The fourth-order valence-corrected chi connectivity index (χ4v) is 3.51. The molecule has 5 heteroatoms. The minimum absolute atomic E-state index is 0.0216. The molecule has 1 aromatic heterocycles. The second-order valence-corrected chi connectivity index (χ2v) is 6.84. The monoisotopic (exact) mass is 328 g/mol. The first-order chi connectivity index (χ1) is 11.5. The molecule has 1 aromatic carbocycles. The summed E-state index contributed by atoms with van der Waals surface area (Å²) in [5.41, 5.74) is 2.05. The molecule has 5 nitrogen and oxygen atoms in total. The summed E-state index contributed by atoms with van der Waals surface area (Å²) < 4.78 is 1.81. The van der Waals surface area contributed by atoms with Gasteiger partial charge < -0.3 is 14.6 Å². The molecule has 1 N–H and O–H groups in total. The van der Waals surface area contributed by atoms with Gasteiger partial charge in [-0.2, -0.15) is 0 Å². The van der Waals surface area contributed by atoms with Gasteiger partial charge in [0.05, 0.1) is 11.1 Å². The molecule has 0 bridgehead atoms. The number of nitrogens with zero attached hydrogens (tertiary/aromatic N) is 2. The van der Waals surface area contributed by atoms with Gasteiger partial charge in [0.2, 0.25) is 0 Å². The average molecular weight is 328 g/mol. The lowest BCUT2D eigenvalue weighted by Gasteiger charge is -2.20. The second-order valence-electron chi connectivity index (χ2n) is 6.84. The van der Waals surface area contributed by atoms with E-state index in [2.05, 4.69) is 4.90 Å². The van der Waals surface area contributed by atoms with Crippen molar-refractivity contribution < 1.29 is 9.90 Å². The number of carbonyl (C=O) groups is 1. The van der Waals surface area contributed by atoms with E-state index in [-0.39, 0.29) is 17.0 Å². The van der Waals surface area contributed by atoms with Crippen LogP contribution in [-0.2, 0) is 6.54 Å². The predicted molar refractivity (Wildman–Crippen MR) is 94.9 cm³/mol. The number of rotatable bonds is 5. The van der Waals surface area contributed by atoms with Gasteiger partial charge in [0, 0.05) is 19.2 Å². The Hall–Kier alpha value is -2.14. The zero-order valence-corrected chi connectivity index (χ0v) is 14.3. The zero-order chi connectivity index (χ0) is 17.3. The van der Waals surface area contributed by atoms with Crippen LogP contribution in [0.15, 0.2) is 29.1 Å². The first-order valence-corrected chi connectivity index (χ1v) is 8.60. The number of pyridine rings is 1. The first-order valence-electron chi connectivity index (χ1n) is 8.60. The Balaban J connectivity index is 2.10. The number of fused-ring (bicyclic) bond motifs is 1. The summed E-state index contributed by atoms with van der Waals surface area (Å²) in [6.07, 6.45) is 2.45. The van der Waals surface area contributed by atoms with Crippen molar-refractivity contribution in [2.75, 3.05) is 19.6 Å². The van der Waals surface area contributed by atoms with Crippen molar-refractivity contribution in [2.24, 2.45) is 0 Å². The lowest BCUT2D eigenvalue weighted by molar-refractivity contribution is 0.0697. The molecule has 1 saturated heterocycles. The van der Waals surface area contributed by atoms with Crippen LogP contribution in [0.3, 0.4) is 0 Å². The summed E-state index contributed by atoms with van der Waals surface area (Å²) in [6, 6.07) is 6.65. The molecule has 0 aliphatic carbocycles. The van der Waals surface area contributed by atoms with E-state index in [1.807, 2.05) is 18.4 Å². The van der Waals surface area contributed by atoms with E-state index >= 15 is 0 Å². The highest BCUT2D eigenvalue weighted by Gasteiger charge is 2.17. The number of carboxylic acids is 1. The van der Waals surface area contributed by atoms with Gasteiger partial charge >= 0.3 is 5.97 Å². The Morgan fingerprint density at radius 1 is 1.17 bits per heavy atom. The molecule has 0 unspecified atom stereocenters. The predicted octanol–water partition coefficient (Wildman–Crippen LogP) is 2.92. The third-order valence-electron chi connectivity index (χ3n) is 4.82. The molecule has 1 aliphatic rings. The summed E-state index contributed by atoms with van der Waals surface area (Å²) >= 11 is 0. The lowest BCUT2D eigenvalue weighted by Crippen LogP contribution is -2.29. The number of hydrogen-bond donors (Lipinski definition) is 1. The Morgan fingerprint density at radius 3 is 2.50 bits per heavy atom. The molecule has 24 heavy (non-hydrogen) atoms. The molecular formula is C19H24N2O3. The van der Waals surface area contributed by atoms with Crippen LogP contribution < -0.4 is 5.56 Å². The van der Waals surface area contributed by atoms with Crippen molar-refractivity contribution in [3.05, 3.63) is 45.7 Å². The second kappa shape index (κ2) is 6.77. The third kappa shape index (κ3) is 3.22. The maximum atomic E-state index is 12.5. The molecule has 0 radical (unpaired) electrons. The average Bonchev–Trinajstić information content (AvgIpc) is 3.06. The number of aromatic carboxylic acids is 1. The first kappa shape index (κ1) is 16.7. The Kier molecular flexibility index (Phi) is 4.71. The van der Waals surface area contributed by atoms with Crippen LogP contribution in [0, 0.1) is 0 Å². The van der Waals surface area contributed by atoms with Gasteiger partial charge in [-0.1, -0.05) is 13.8 Å². The molecule has 0 amide bonds. The van der Waals surface area contributed by atoms with Crippen molar-refractivity contribution in [2.45, 2.75) is 39.2 Å². The van der Waals surface area contributed by atoms with E-state index in [1.165, 1.54) is 12.8 Å². The van der Waals surface area contributed by atoms with Gasteiger partial charge in [0.15, 0.2) is 0 Å². The van der Waals surface area contributed by atoms with Gasteiger partial charge in [-0.25, -0.2) is 4.79 Å². The summed E-state index contributed by atoms with van der Waals surface area (Å²) in [7, 11) is 0. The van der Waals surface area contributed by atoms with Crippen LogP contribution >= 0.6 is 0 Å². The number of likely N-dealkylation sites (tertiary alicyclic amines) is 1. The molecule has 2 heterocycles. The smallest absolute Gasteiger partial charge is 0.335 e. The van der Waals surface area contributed by atoms with E-state index in [4.69, 9.17) is 0 Å². The normalized spacial score (nSPS) is 15.5. The van der Waals surface area contributed by atoms with E-state index in [0.717, 1.165) is 36.1 Å². The van der Waals surface area contributed by atoms with E-state index in [0.29, 0.717) is 6.54 Å². The molecule has 3 rings (SSSR count). The number of carboxylic acid groups (broad SMARTS) is 1. The number of hydrogen-bond acceptors (Lipinski definition) is 3. The summed E-state index contributed by atoms with van der Waals surface area (Å²) in [5, 5.41) is 10.2. The molecular weight excluding hydrogens is 304 g/mol. The van der Waals surface area contributed by atoms with Crippen LogP contribution in [0.25, 0.3) is 10.9 Å².